The zero-order valence-electron chi connectivity index (χ0n) is 11.5. The Kier molecular flexibility index (Phi) is 5.30. The maximum Gasteiger partial charge on any atom is 0.320 e. The average molecular weight is 316 g/mol. The summed E-state index contributed by atoms with van der Waals surface area (Å²) in [6.45, 7) is 1.99. The van der Waals surface area contributed by atoms with Crippen molar-refractivity contribution in [3.63, 3.8) is 0 Å². The standard InChI is InChI=1S/C15H19Cl2NO2/c1-2-3-14(15(19)20)18-11-5-4-9-6-10(16)7-13(17)12(9)8-11/h6-7,11,14,18H,2-5,8H2,1H3,(H,19,20)/t11?,14-/m0/s1. The fourth-order valence-corrected chi connectivity index (χ4v) is 3.39. The third-order valence-corrected chi connectivity index (χ3v) is 4.33. The van der Waals surface area contributed by atoms with Gasteiger partial charge < -0.3 is 10.4 Å². The molecule has 0 aliphatic heterocycles. The molecular weight excluding hydrogens is 297 g/mol. The van der Waals surface area contributed by atoms with Gasteiger partial charge in [-0.25, -0.2) is 0 Å². The SMILES string of the molecule is CCC[C@H](NC1CCc2cc(Cl)cc(Cl)c2C1)C(=O)O. The van der Waals surface area contributed by atoms with Gasteiger partial charge in [0.2, 0.25) is 0 Å². The number of halogens is 2. The molecular formula is C15H19Cl2NO2. The topological polar surface area (TPSA) is 49.3 Å². The van der Waals surface area contributed by atoms with Crippen LogP contribution >= 0.6 is 23.2 Å². The van der Waals surface area contributed by atoms with Crippen molar-refractivity contribution in [3.8, 4) is 0 Å². The number of carbonyl (C=O) groups is 1. The highest BCUT2D eigenvalue weighted by molar-refractivity contribution is 6.35. The summed E-state index contributed by atoms with van der Waals surface area (Å²) in [5, 5.41) is 13.8. The summed E-state index contributed by atoms with van der Waals surface area (Å²) < 4.78 is 0. The van der Waals surface area contributed by atoms with Crippen LogP contribution < -0.4 is 5.32 Å². The Bertz CT molecular complexity index is 505. The average Bonchev–Trinajstić information content (AvgIpc) is 2.38. The molecule has 0 saturated heterocycles. The molecule has 1 aromatic rings. The number of nitrogens with one attached hydrogen (secondary N) is 1. The normalized spacial score (nSPS) is 19.4. The lowest BCUT2D eigenvalue weighted by molar-refractivity contribution is -0.139. The van der Waals surface area contributed by atoms with Crippen LogP contribution in [0, 0.1) is 0 Å². The summed E-state index contributed by atoms with van der Waals surface area (Å²) in [4.78, 5) is 11.2. The molecule has 2 atom stereocenters. The van der Waals surface area contributed by atoms with Gasteiger partial charge in [-0.05, 0) is 48.9 Å². The zero-order valence-corrected chi connectivity index (χ0v) is 13.0. The Hall–Kier alpha value is -0.770. The fraction of sp³-hybridized carbons (Fsp3) is 0.533. The highest BCUT2D eigenvalue weighted by Gasteiger charge is 2.25. The van der Waals surface area contributed by atoms with E-state index in [2.05, 4.69) is 5.32 Å². The molecule has 1 aliphatic rings. The summed E-state index contributed by atoms with van der Waals surface area (Å²) in [5.74, 6) is -0.778. The molecule has 3 nitrogen and oxygen atoms in total. The summed E-state index contributed by atoms with van der Waals surface area (Å²) in [7, 11) is 0. The van der Waals surface area contributed by atoms with Crippen LogP contribution in [-0.2, 0) is 17.6 Å². The van der Waals surface area contributed by atoms with Crippen molar-refractivity contribution < 1.29 is 9.90 Å². The van der Waals surface area contributed by atoms with Gasteiger partial charge in [0.1, 0.15) is 6.04 Å². The number of carboxylic acid groups (broad SMARTS) is 1. The van der Waals surface area contributed by atoms with E-state index in [4.69, 9.17) is 23.2 Å². The monoisotopic (exact) mass is 315 g/mol. The Labute approximate surface area is 129 Å². The van der Waals surface area contributed by atoms with E-state index >= 15 is 0 Å². The van der Waals surface area contributed by atoms with E-state index in [9.17, 15) is 9.90 Å². The predicted octanol–water partition coefficient (Wildman–Crippen LogP) is 3.69. The lowest BCUT2D eigenvalue weighted by atomic mass is 9.87. The molecule has 1 aliphatic carbocycles. The van der Waals surface area contributed by atoms with E-state index in [1.54, 1.807) is 6.07 Å². The van der Waals surface area contributed by atoms with Crippen LogP contribution in [0.15, 0.2) is 12.1 Å². The number of rotatable bonds is 5. The minimum atomic E-state index is -0.778. The van der Waals surface area contributed by atoms with E-state index in [-0.39, 0.29) is 6.04 Å². The molecule has 0 amide bonds. The van der Waals surface area contributed by atoms with Crippen molar-refractivity contribution in [2.24, 2.45) is 0 Å². The first-order valence-corrected chi connectivity index (χ1v) is 7.72. The quantitative estimate of drug-likeness (QED) is 0.871. The van der Waals surface area contributed by atoms with Crippen LogP contribution in [0.25, 0.3) is 0 Å². The van der Waals surface area contributed by atoms with Crippen LogP contribution in [0.1, 0.15) is 37.3 Å². The molecule has 1 aromatic carbocycles. The van der Waals surface area contributed by atoms with E-state index in [0.29, 0.717) is 16.5 Å². The summed E-state index contributed by atoms with van der Waals surface area (Å²) in [6.07, 6.45) is 4.05. The fourth-order valence-electron chi connectivity index (χ4n) is 2.78. The third kappa shape index (κ3) is 3.66. The van der Waals surface area contributed by atoms with Gasteiger partial charge in [0, 0.05) is 16.1 Å². The van der Waals surface area contributed by atoms with Crippen molar-refractivity contribution in [3.05, 3.63) is 33.3 Å². The Balaban J connectivity index is 2.09. The molecule has 1 unspecified atom stereocenters. The minimum Gasteiger partial charge on any atom is -0.480 e. The van der Waals surface area contributed by atoms with Gasteiger partial charge in [0.15, 0.2) is 0 Å². The minimum absolute atomic E-state index is 0.161. The summed E-state index contributed by atoms with van der Waals surface area (Å²) in [6, 6.07) is 3.40. The molecule has 0 radical (unpaired) electrons. The second kappa shape index (κ2) is 6.79. The van der Waals surface area contributed by atoms with Crippen LogP contribution in [0.4, 0.5) is 0 Å². The molecule has 5 heteroatoms. The summed E-state index contributed by atoms with van der Waals surface area (Å²) in [5.41, 5.74) is 2.28. The molecule has 0 spiro atoms. The second-order valence-corrected chi connectivity index (χ2v) is 6.15. The number of fused-ring (bicyclic) bond motifs is 1. The van der Waals surface area contributed by atoms with Gasteiger partial charge in [0.05, 0.1) is 0 Å². The van der Waals surface area contributed by atoms with Gasteiger partial charge in [0.25, 0.3) is 0 Å². The third-order valence-electron chi connectivity index (χ3n) is 3.78. The van der Waals surface area contributed by atoms with Gasteiger partial charge in [-0.1, -0.05) is 36.5 Å². The van der Waals surface area contributed by atoms with Crippen molar-refractivity contribution in [2.45, 2.75) is 51.1 Å². The van der Waals surface area contributed by atoms with Gasteiger partial charge in [-0.3, -0.25) is 4.79 Å². The lowest BCUT2D eigenvalue weighted by Gasteiger charge is -2.29. The van der Waals surface area contributed by atoms with Crippen LogP contribution in [0.2, 0.25) is 10.0 Å². The Morgan fingerprint density at radius 2 is 2.25 bits per heavy atom. The maximum absolute atomic E-state index is 11.2. The van der Waals surface area contributed by atoms with Gasteiger partial charge >= 0.3 is 5.97 Å². The van der Waals surface area contributed by atoms with E-state index < -0.39 is 12.0 Å². The lowest BCUT2D eigenvalue weighted by Crippen LogP contribution is -2.45. The first-order valence-electron chi connectivity index (χ1n) is 6.97. The molecule has 2 rings (SSSR count). The van der Waals surface area contributed by atoms with Crippen LogP contribution in [0.5, 0.6) is 0 Å². The molecule has 2 N–H and O–H groups in total. The molecule has 0 fully saturated rings. The molecule has 20 heavy (non-hydrogen) atoms. The molecule has 0 heterocycles. The number of hydrogen-bond acceptors (Lipinski definition) is 2. The number of aryl methyl sites for hydroxylation is 1. The first-order chi connectivity index (χ1) is 9.51. The highest BCUT2D eigenvalue weighted by atomic mass is 35.5. The smallest absolute Gasteiger partial charge is 0.320 e. The van der Waals surface area contributed by atoms with Crippen molar-refractivity contribution in [1.29, 1.82) is 0 Å². The number of benzene rings is 1. The number of carboxylic acids is 1. The predicted molar refractivity (Wildman–Crippen MR) is 81.7 cm³/mol. The Morgan fingerprint density at radius 3 is 2.90 bits per heavy atom. The summed E-state index contributed by atoms with van der Waals surface area (Å²) >= 11 is 12.3. The van der Waals surface area contributed by atoms with Crippen molar-refractivity contribution in [1.82, 2.24) is 5.32 Å². The first kappa shape index (κ1) is 15.6. The number of hydrogen-bond donors (Lipinski definition) is 2. The van der Waals surface area contributed by atoms with E-state index in [1.165, 1.54) is 5.56 Å². The maximum atomic E-state index is 11.2. The molecule has 0 aromatic heterocycles. The van der Waals surface area contributed by atoms with Crippen molar-refractivity contribution >= 4 is 29.2 Å². The molecule has 110 valence electrons. The van der Waals surface area contributed by atoms with Gasteiger partial charge in [-0.2, -0.15) is 0 Å². The van der Waals surface area contributed by atoms with Crippen LogP contribution in [0.3, 0.4) is 0 Å². The van der Waals surface area contributed by atoms with E-state index in [0.717, 1.165) is 31.2 Å². The molecule has 0 saturated carbocycles. The van der Waals surface area contributed by atoms with Crippen molar-refractivity contribution in [2.75, 3.05) is 0 Å². The number of aliphatic carboxylic acids is 1. The second-order valence-electron chi connectivity index (χ2n) is 5.31. The van der Waals surface area contributed by atoms with Gasteiger partial charge in [-0.15, -0.1) is 0 Å². The van der Waals surface area contributed by atoms with Crippen LogP contribution in [-0.4, -0.2) is 23.2 Å². The Morgan fingerprint density at radius 1 is 1.50 bits per heavy atom. The largest absolute Gasteiger partial charge is 0.480 e. The highest BCUT2D eigenvalue weighted by Crippen LogP contribution is 2.31. The van der Waals surface area contributed by atoms with E-state index in [1.807, 2.05) is 13.0 Å². The zero-order chi connectivity index (χ0) is 14.7. The molecule has 0 bridgehead atoms.